The smallest absolute Gasteiger partial charge is 0.322 e. The van der Waals surface area contributed by atoms with Gasteiger partial charge in [0.05, 0.1) is 18.1 Å². The van der Waals surface area contributed by atoms with Crippen molar-refractivity contribution in [2.45, 2.75) is 45.2 Å². The van der Waals surface area contributed by atoms with Gasteiger partial charge < -0.3 is 15.0 Å². The molecular formula is C28H40Cl2N6O4S. The molecule has 4 rings (SSSR count). The summed E-state index contributed by atoms with van der Waals surface area (Å²) in [5, 5.41) is 7.15. The van der Waals surface area contributed by atoms with Crippen LogP contribution in [0.5, 0.6) is 11.5 Å². The number of urea groups is 1. The average molecular weight is 628 g/mol. The Morgan fingerprint density at radius 1 is 1.02 bits per heavy atom. The molecule has 2 heterocycles. The van der Waals surface area contributed by atoms with Gasteiger partial charge in [0.15, 0.2) is 0 Å². The summed E-state index contributed by atoms with van der Waals surface area (Å²) in [6.45, 7) is 5.60. The summed E-state index contributed by atoms with van der Waals surface area (Å²) in [6.07, 6.45) is 8.50. The molecule has 0 atom stereocenters. The van der Waals surface area contributed by atoms with Crippen molar-refractivity contribution >= 4 is 52.2 Å². The number of anilines is 2. The van der Waals surface area contributed by atoms with Gasteiger partial charge in [-0.3, -0.25) is 14.3 Å². The Balaban J connectivity index is 0.00000294. The van der Waals surface area contributed by atoms with Crippen molar-refractivity contribution in [3.63, 3.8) is 0 Å². The number of likely N-dealkylation sites (tertiary alicyclic amines) is 1. The molecule has 0 unspecified atom stereocenters. The fraction of sp³-hybridized carbons (Fsp3) is 0.429. The highest BCUT2D eigenvalue weighted by Gasteiger charge is 2.28. The van der Waals surface area contributed by atoms with E-state index in [4.69, 9.17) is 4.74 Å². The summed E-state index contributed by atoms with van der Waals surface area (Å²) >= 11 is 0. The van der Waals surface area contributed by atoms with Gasteiger partial charge in [-0.2, -0.15) is 5.10 Å². The minimum absolute atomic E-state index is 0. The van der Waals surface area contributed by atoms with E-state index in [9.17, 15) is 13.2 Å². The summed E-state index contributed by atoms with van der Waals surface area (Å²) in [5.41, 5.74) is 2.41. The second-order valence-corrected chi connectivity index (χ2v) is 11.8. The van der Waals surface area contributed by atoms with Crippen LogP contribution in [0.1, 0.15) is 38.2 Å². The molecule has 3 aromatic rings. The third kappa shape index (κ3) is 10.7. The van der Waals surface area contributed by atoms with E-state index in [1.54, 1.807) is 35.1 Å². The van der Waals surface area contributed by atoms with Crippen molar-refractivity contribution in [2.75, 3.05) is 35.9 Å². The fourth-order valence-electron chi connectivity index (χ4n) is 4.71. The van der Waals surface area contributed by atoms with E-state index >= 15 is 0 Å². The molecule has 0 radical (unpaired) electrons. The van der Waals surface area contributed by atoms with Gasteiger partial charge in [0.25, 0.3) is 0 Å². The molecule has 1 aliphatic heterocycles. The molecule has 226 valence electrons. The lowest BCUT2D eigenvalue weighted by Gasteiger charge is -2.38. The normalized spacial score (nSPS) is 13.9. The number of aromatic nitrogens is 2. The first-order chi connectivity index (χ1) is 18.7. The van der Waals surface area contributed by atoms with E-state index in [1.807, 2.05) is 30.3 Å². The Bertz CT molecular complexity index is 1330. The molecule has 1 fully saturated rings. The van der Waals surface area contributed by atoms with E-state index < -0.39 is 10.0 Å². The Labute approximate surface area is 255 Å². The van der Waals surface area contributed by atoms with Crippen LogP contribution in [0.3, 0.4) is 0 Å². The first kappa shape index (κ1) is 34.2. The number of unbranched alkanes of at least 4 members (excludes halogenated alkanes) is 1. The third-order valence-corrected chi connectivity index (χ3v) is 7.30. The quantitative estimate of drug-likeness (QED) is 0.281. The Hall–Kier alpha value is -2.99. The molecule has 2 N–H and O–H groups in total. The predicted molar refractivity (Wildman–Crippen MR) is 168 cm³/mol. The zero-order valence-corrected chi connectivity index (χ0v) is 26.1. The number of aryl methyl sites for hydroxylation is 1. The van der Waals surface area contributed by atoms with Gasteiger partial charge in [-0.25, -0.2) is 13.2 Å². The fourth-order valence-corrected chi connectivity index (χ4v) is 5.28. The summed E-state index contributed by atoms with van der Waals surface area (Å²) in [5.74, 6) is 1.34. The van der Waals surface area contributed by atoms with Crippen LogP contribution in [0.25, 0.3) is 0 Å². The Morgan fingerprint density at radius 2 is 1.63 bits per heavy atom. The van der Waals surface area contributed by atoms with Gasteiger partial charge in [0, 0.05) is 51.2 Å². The number of piperidine rings is 1. The van der Waals surface area contributed by atoms with E-state index in [0.29, 0.717) is 17.2 Å². The maximum Gasteiger partial charge on any atom is 0.322 e. The van der Waals surface area contributed by atoms with Crippen molar-refractivity contribution in [3.8, 4) is 11.5 Å². The van der Waals surface area contributed by atoms with E-state index in [-0.39, 0.29) is 36.9 Å². The zero-order chi connectivity index (χ0) is 27.8. The standard InChI is InChI=1S/C28H38N6O4S.2ClH/c1-4-5-16-34(28(35)30-24-19-29-32(2)21-24)25-14-17-33(18-15-25)20-22-6-10-26(11-7-22)38-27-12-8-23(9-13-27)31-39(3,36)37;;/h6-13,19,21,25,31H,4-5,14-18,20H2,1-3H3,(H,30,35);2*1H. The zero-order valence-electron chi connectivity index (χ0n) is 23.7. The lowest BCUT2D eigenvalue weighted by atomic mass is 10.0. The molecule has 2 aromatic carbocycles. The lowest BCUT2D eigenvalue weighted by molar-refractivity contribution is 0.122. The number of hydrogen-bond acceptors (Lipinski definition) is 6. The number of carbonyl (C=O) groups is 1. The molecule has 1 aliphatic rings. The van der Waals surface area contributed by atoms with Crippen LogP contribution in [0.15, 0.2) is 60.9 Å². The molecule has 0 spiro atoms. The molecular weight excluding hydrogens is 587 g/mol. The number of nitrogens with zero attached hydrogens (tertiary/aromatic N) is 4. The first-order valence-electron chi connectivity index (χ1n) is 13.3. The van der Waals surface area contributed by atoms with Crippen molar-refractivity contribution in [1.82, 2.24) is 19.6 Å². The van der Waals surface area contributed by atoms with Crippen LogP contribution >= 0.6 is 24.8 Å². The molecule has 0 bridgehead atoms. The molecule has 0 aliphatic carbocycles. The van der Waals surface area contributed by atoms with Gasteiger partial charge >= 0.3 is 6.03 Å². The van der Waals surface area contributed by atoms with Crippen molar-refractivity contribution in [2.24, 2.45) is 7.05 Å². The van der Waals surface area contributed by atoms with Crippen LogP contribution in [-0.4, -0.2) is 66.0 Å². The molecule has 13 heteroatoms. The monoisotopic (exact) mass is 626 g/mol. The number of hydrogen-bond donors (Lipinski definition) is 2. The number of rotatable bonds is 11. The van der Waals surface area contributed by atoms with Gasteiger partial charge in [-0.15, -0.1) is 24.8 Å². The minimum atomic E-state index is -3.31. The van der Waals surface area contributed by atoms with Crippen molar-refractivity contribution in [3.05, 3.63) is 66.5 Å². The molecule has 2 amide bonds. The van der Waals surface area contributed by atoms with Crippen LogP contribution in [0.2, 0.25) is 0 Å². The second kappa shape index (κ2) is 15.9. The van der Waals surface area contributed by atoms with E-state index in [2.05, 4.69) is 39.1 Å². The Morgan fingerprint density at radius 3 is 2.17 bits per heavy atom. The van der Waals surface area contributed by atoms with Gasteiger partial charge in [-0.05, 0) is 61.2 Å². The molecule has 1 aromatic heterocycles. The summed E-state index contributed by atoms with van der Waals surface area (Å²) in [7, 11) is -1.47. The number of carbonyl (C=O) groups excluding carboxylic acids is 1. The largest absolute Gasteiger partial charge is 0.457 e. The van der Waals surface area contributed by atoms with Gasteiger partial charge in [0.2, 0.25) is 10.0 Å². The topological polar surface area (TPSA) is 109 Å². The highest BCUT2D eigenvalue weighted by atomic mass is 35.5. The highest BCUT2D eigenvalue weighted by Crippen LogP contribution is 2.25. The minimum Gasteiger partial charge on any atom is -0.457 e. The maximum atomic E-state index is 13.1. The SMILES string of the molecule is CCCCN(C(=O)Nc1cnn(C)c1)C1CCN(Cc2ccc(Oc3ccc(NS(C)(=O)=O)cc3)cc2)CC1.Cl.Cl. The first-order valence-corrected chi connectivity index (χ1v) is 15.2. The third-order valence-electron chi connectivity index (χ3n) is 6.69. The Kier molecular flexibility index (Phi) is 13.2. The van der Waals surface area contributed by atoms with Crippen molar-refractivity contribution < 1.29 is 17.9 Å². The van der Waals surface area contributed by atoms with Crippen LogP contribution in [-0.2, 0) is 23.6 Å². The van der Waals surface area contributed by atoms with Crippen molar-refractivity contribution in [1.29, 1.82) is 0 Å². The maximum absolute atomic E-state index is 13.1. The van der Waals surface area contributed by atoms with Crippen LogP contribution in [0.4, 0.5) is 16.2 Å². The summed E-state index contributed by atoms with van der Waals surface area (Å²) < 4.78 is 32.7. The number of halogens is 2. The molecule has 0 saturated carbocycles. The van der Waals surface area contributed by atoms with Gasteiger partial charge in [-0.1, -0.05) is 25.5 Å². The molecule has 41 heavy (non-hydrogen) atoms. The highest BCUT2D eigenvalue weighted by molar-refractivity contribution is 7.92. The predicted octanol–water partition coefficient (Wildman–Crippen LogP) is 5.73. The van der Waals surface area contributed by atoms with E-state index in [0.717, 1.165) is 63.8 Å². The number of benzene rings is 2. The summed E-state index contributed by atoms with van der Waals surface area (Å²) in [6, 6.07) is 15.0. The summed E-state index contributed by atoms with van der Waals surface area (Å²) in [4.78, 5) is 17.5. The lowest BCUT2D eigenvalue weighted by Crippen LogP contribution is -2.49. The molecule has 1 saturated heterocycles. The second-order valence-electron chi connectivity index (χ2n) is 10.0. The average Bonchev–Trinajstić information content (AvgIpc) is 3.31. The number of sulfonamides is 1. The van der Waals surface area contributed by atoms with Gasteiger partial charge in [0.1, 0.15) is 11.5 Å². The number of amides is 2. The van der Waals surface area contributed by atoms with Crippen LogP contribution < -0.4 is 14.8 Å². The van der Waals surface area contributed by atoms with Crippen LogP contribution in [0, 0.1) is 0 Å². The number of nitrogens with one attached hydrogen (secondary N) is 2. The number of ether oxygens (including phenoxy) is 1. The molecule has 10 nitrogen and oxygen atoms in total. The van der Waals surface area contributed by atoms with E-state index in [1.165, 1.54) is 5.56 Å².